The van der Waals surface area contributed by atoms with E-state index in [0.29, 0.717) is 0 Å². The zero-order chi connectivity index (χ0) is 13.9. The summed E-state index contributed by atoms with van der Waals surface area (Å²) in [6.45, 7) is 5.17. The van der Waals surface area contributed by atoms with Crippen LogP contribution in [0.3, 0.4) is 0 Å². The van der Waals surface area contributed by atoms with Gasteiger partial charge in [-0.2, -0.15) is 0 Å². The summed E-state index contributed by atoms with van der Waals surface area (Å²) in [6, 6.07) is -0.949. The molecule has 0 aromatic rings. The monoisotopic (exact) mass is 258 g/mol. The molecule has 102 valence electrons. The molecular weight excluding hydrogens is 240 g/mol. The van der Waals surface area contributed by atoms with E-state index in [-0.39, 0.29) is 19.5 Å². The number of carbonyl (C=O) groups excluding carboxylic acids is 2. The minimum absolute atomic E-state index is 0.193. The molecule has 0 aromatic carbocycles. The fourth-order valence-electron chi connectivity index (χ4n) is 1.68. The Labute approximate surface area is 105 Å². The second-order valence-electron chi connectivity index (χ2n) is 5.15. The highest BCUT2D eigenvalue weighted by atomic mass is 16.6. The van der Waals surface area contributed by atoms with E-state index in [1.165, 1.54) is 4.90 Å². The standard InChI is InChI=1S/C11H18N2O5/c1-11(2,3)18-9(16)6-13-7(4-8(14)15)5-12-10(13)17/h7H,4-6H2,1-3H3,(H,12,17)(H,14,15). The highest BCUT2D eigenvalue weighted by molar-refractivity contribution is 5.83. The molecule has 1 atom stereocenters. The summed E-state index contributed by atoms with van der Waals surface area (Å²) < 4.78 is 5.09. The van der Waals surface area contributed by atoms with Gasteiger partial charge in [-0.15, -0.1) is 0 Å². The largest absolute Gasteiger partial charge is 0.481 e. The maximum absolute atomic E-state index is 11.6. The summed E-state index contributed by atoms with van der Waals surface area (Å²) in [5.41, 5.74) is -0.629. The molecule has 0 saturated carbocycles. The Morgan fingerprint density at radius 1 is 1.50 bits per heavy atom. The first-order valence-corrected chi connectivity index (χ1v) is 5.67. The van der Waals surface area contributed by atoms with Crippen LogP contribution in [0.5, 0.6) is 0 Å². The Balaban J connectivity index is 2.59. The van der Waals surface area contributed by atoms with Gasteiger partial charge in [-0.25, -0.2) is 4.79 Å². The fourth-order valence-corrected chi connectivity index (χ4v) is 1.68. The number of rotatable bonds is 4. The Bertz CT molecular complexity index is 361. The van der Waals surface area contributed by atoms with Gasteiger partial charge in [0.15, 0.2) is 0 Å². The number of ether oxygens (including phenoxy) is 1. The third-order valence-corrected chi connectivity index (χ3v) is 2.32. The topological polar surface area (TPSA) is 95.9 Å². The fraction of sp³-hybridized carbons (Fsp3) is 0.727. The Morgan fingerprint density at radius 2 is 2.11 bits per heavy atom. The van der Waals surface area contributed by atoms with Crippen molar-refractivity contribution in [2.75, 3.05) is 13.1 Å². The third kappa shape index (κ3) is 4.23. The van der Waals surface area contributed by atoms with Gasteiger partial charge < -0.3 is 20.1 Å². The van der Waals surface area contributed by atoms with Crippen LogP contribution in [0, 0.1) is 0 Å². The number of hydrogen-bond donors (Lipinski definition) is 2. The van der Waals surface area contributed by atoms with Crippen LogP contribution in [0.25, 0.3) is 0 Å². The number of esters is 1. The van der Waals surface area contributed by atoms with Crippen molar-refractivity contribution in [3.8, 4) is 0 Å². The van der Waals surface area contributed by atoms with Crippen molar-refractivity contribution >= 4 is 18.0 Å². The number of nitrogens with zero attached hydrogens (tertiary/aromatic N) is 1. The van der Waals surface area contributed by atoms with Crippen molar-refractivity contribution in [2.45, 2.75) is 38.8 Å². The predicted molar refractivity (Wildman–Crippen MR) is 62.0 cm³/mol. The normalized spacial score (nSPS) is 19.6. The third-order valence-electron chi connectivity index (χ3n) is 2.32. The molecule has 7 nitrogen and oxygen atoms in total. The van der Waals surface area contributed by atoms with Crippen molar-refractivity contribution in [1.82, 2.24) is 10.2 Å². The summed E-state index contributed by atoms with van der Waals surface area (Å²) in [7, 11) is 0. The number of aliphatic carboxylic acids is 1. The van der Waals surface area contributed by atoms with Gasteiger partial charge in [-0.05, 0) is 20.8 Å². The summed E-state index contributed by atoms with van der Waals surface area (Å²) in [5, 5.41) is 11.2. The molecule has 0 spiro atoms. The Morgan fingerprint density at radius 3 is 2.61 bits per heavy atom. The lowest BCUT2D eigenvalue weighted by Crippen LogP contribution is -2.41. The summed E-state index contributed by atoms with van der Waals surface area (Å²) in [6.07, 6.45) is -0.193. The number of hydrogen-bond acceptors (Lipinski definition) is 4. The highest BCUT2D eigenvalue weighted by Crippen LogP contribution is 2.13. The van der Waals surface area contributed by atoms with E-state index in [9.17, 15) is 14.4 Å². The zero-order valence-electron chi connectivity index (χ0n) is 10.7. The van der Waals surface area contributed by atoms with Crippen molar-refractivity contribution < 1.29 is 24.2 Å². The van der Waals surface area contributed by atoms with Gasteiger partial charge in [0.1, 0.15) is 12.1 Å². The average molecular weight is 258 g/mol. The average Bonchev–Trinajstić information content (AvgIpc) is 2.46. The number of carbonyl (C=O) groups is 3. The van der Waals surface area contributed by atoms with Crippen LogP contribution in [-0.4, -0.2) is 52.7 Å². The second-order valence-corrected chi connectivity index (χ2v) is 5.15. The van der Waals surface area contributed by atoms with E-state index >= 15 is 0 Å². The van der Waals surface area contributed by atoms with Crippen LogP contribution in [-0.2, 0) is 14.3 Å². The summed E-state index contributed by atoms with van der Waals surface area (Å²) in [4.78, 5) is 34.9. The Kier molecular flexibility index (Phi) is 4.15. The van der Waals surface area contributed by atoms with Gasteiger partial charge in [-0.1, -0.05) is 0 Å². The molecule has 1 unspecified atom stereocenters. The van der Waals surface area contributed by atoms with E-state index in [0.717, 1.165) is 0 Å². The smallest absolute Gasteiger partial charge is 0.326 e. The first kappa shape index (κ1) is 14.3. The molecule has 0 bridgehead atoms. The lowest BCUT2D eigenvalue weighted by Gasteiger charge is -2.24. The maximum Gasteiger partial charge on any atom is 0.326 e. The zero-order valence-corrected chi connectivity index (χ0v) is 10.7. The lowest BCUT2D eigenvalue weighted by atomic mass is 10.2. The summed E-state index contributed by atoms with van der Waals surface area (Å²) in [5.74, 6) is -1.55. The first-order chi connectivity index (χ1) is 8.19. The van der Waals surface area contributed by atoms with Gasteiger partial charge >= 0.3 is 18.0 Å². The minimum atomic E-state index is -1.01. The number of nitrogens with one attached hydrogen (secondary N) is 1. The SMILES string of the molecule is CC(C)(C)OC(=O)CN1C(=O)NCC1CC(=O)O. The lowest BCUT2D eigenvalue weighted by molar-refractivity contribution is -0.156. The Hall–Kier alpha value is -1.79. The van der Waals surface area contributed by atoms with E-state index < -0.39 is 29.6 Å². The molecule has 0 aromatic heterocycles. The molecule has 7 heteroatoms. The van der Waals surface area contributed by atoms with Crippen LogP contribution in [0.2, 0.25) is 0 Å². The van der Waals surface area contributed by atoms with Crippen LogP contribution >= 0.6 is 0 Å². The predicted octanol–water partition coefficient (Wildman–Crippen LogP) is 0.197. The van der Waals surface area contributed by atoms with Gasteiger partial charge in [0.25, 0.3) is 0 Å². The van der Waals surface area contributed by atoms with Gasteiger partial charge in [0, 0.05) is 6.54 Å². The quantitative estimate of drug-likeness (QED) is 0.702. The molecule has 1 heterocycles. The van der Waals surface area contributed by atoms with Gasteiger partial charge in [-0.3, -0.25) is 9.59 Å². The van der Waals surface area contributed by atoms with Crippen molar-refractivity contribution in [3.63, 3.8) is 0 Å². The van der Waals surface area contributed by atoms with Crippen molar-refractivity contribution in [3.05, 3.63) is 0 Å². The maximum atomic E-state index is 11.6. The van der Waals surface area contributed by atoms with Crippen LogP contribution in [0.15, 0.2) is 0 Å². The van der Waals surface area contributed by atoms with E-state index in [2.05, 4.69) is 5.32 Å². The number of urea groups is 1. The van der Waals surface area contributed by atoms with Crippen molar-refractivity contribution in [1.29, 1.82) is 0 Å². The molecule has 1 saturated heterocycles. The van der Waals surface area contributed by atoms with Crippen LogP contribution in [0.1, 0.15) is 27.2 Å². The van der Waals surface area contributed by atoms with Gasteiger partial charge in [0.2, 0.25) is 0 Å². The molecule has 1 aliphatic rings. The number of carboxylic acids is 1. The summed E-state index contributed by atoms with van der Waals surface area (Å²) >= 11 is 0. The molecule has 2 amide bonds. The molecule has 18 heavy (non-hydrogen) atoms. The minimum Gasteiger partial charge on any atom is -0.481 e. The highest BCUT2D eigenvalue weighted by Gasteiger charge is 2.34. The van der Waals surface area contributed by atoms with E-state index in [1.54, 1.807) is 20.8 Å². The molecule has 0 radical (unpaired) electrons. The number of carboxylic acid groups (broad SMARTS) is 1. The molecule has 0 aliphatic carbocycles. The number of amides is 2. The molecule has 1 fully saturated rings. The van der Waals surface area contributed by atoms with Crippen molar-refractivity contribution in [2.24, 2.45) is 0 Å². The molecule has 1 aliphatic heterocycles. The molecular formula is C11H18N2O5. The molecule has 1 rings (SSSR count). The van der Waals surface area contributed by atoms with Crippen LogP contribution in [0.4, 0.5) is 4.79 Å². The van der Waals surface area contributed by atoms with Gasteiger partial charge in [0.05, 0.1) is 12.5 Å². The molecule has 2 N–H and O–H groups in total. The first-order valence-electron chi connectivity index (χ1n) is 5.67. The second kappa shape index (κ2) is 5.24. The van der Waals surface area contributed by atoms with Crippen LogP contribution < -0.4 is 5.32 Å². The van der Waals surface area contributed by atoms with E-state index in [1.807, 2.05) is 0 Å². The van der Waals surface area contributed by atoms with E-state index in [4.69, 9.17) is 9.84 Å².